The van der Waals surface area contributed by atoms with Gasteiger partial charge in [0.05, 0.1) is 0 Å². The first-order valence-electron chi connectivity index (χ1n) is 6.64. The Morgan fingerprint density at radius 2 is 2.32 bits per heavy atom. The fraction of sp³-hybridized carbons (Fsp3) is 0.500. The summed E-state index contributed by atoms with van der Waals surface area (Å²) in [6.45, 7) is 3.43. The lowest BCUT2D eigenvalue weighted by atomic mass is 10.2. The zero-order chi connectivity index (χ0) is 13.7. The molecule has 0 unspecified atom stereocenters. The van der Waals surface area contributed by atoms with Gasteiger partial charge in [0.1, 0.15) is 11.2 Å². The first-order chi connectivity index (χ1) is 9.24. The van der Waals surface area contributed by atoms with Gasteiger partial charge in [-0.15, -0.1) is 11.8 Å². The largest absolute Gasteiger partial charge is 0.338 e. The second kappa shape index (κ2) is 6.80. The number of hydrogen-bond acceptors (Lipinski definition) is 2. The van der Waals surface area contributed by atoms with Gasteiger partial charge >= 0.3 is 6.03 Å². The van der Waals surface area contributed by atoms with Crippen LogP contribution in [-0.4, -0.2) is 29.8 Å². The number of benzene rings is 1. The van der Waals surface area contributed by atoms with Gasteiger partial charge in [-0.05, 0) is 12.5 Å². The second-order valence-electron chi connectivity index (χ2n) is 4.52. The molecule has 3 nitrogen and oxygen atoms in total. The summed E-state index contributed by atoms with van der Waals surface area (Å²) in [6, 6.07) is 6.59. The van der Waals surface area contributed by atoms with Crippen LogP contribution < -0.4 is 5.32 Å². The minimum Gasteiger partial charge on any atom is -0.338 e. The van der Waals surface area contributed by atoms with Crippen molar-refractivity contribution < 1.29 is 9.18 Å². The summed E-state index contributed by atoms with van der Waals surface area (Å²) in [5.41, 5.74) is 0.593. The lowest BCUT2D eigenvalue weighted by Crippen LogP contribution is -2.40. The quantitative estimate of drug-likeness (QED) is 0.859. The minimum absolute atomic E-state index is 0.0910. The fourth-order valence-electron chi connectivity index (χ4n) is 2.08. The third-order valence-corrected chi connectivity index (χ3v) is 4.37. The fourth-order valence-corrected chi connectivity index (χ4v) is 3.36. The Hall–Kier alpha value is -1.23. The molecular formula is C14H19FN2OS. The van der Waals surface area contributed by atoms with Crippen molar-refractivity contribution in [2.75, 3.05) is 18.8 Å². The number of hydrogen-bond donors (Lipinski definition) is 1. The molecular weight excluding hydrogens is 263 g/mol. The van der Waals surface area contributed by atoms with Crippen LogP contribution >= 0.6 is 11.8 Å². The number of amides is 2. The normalized spacial score (nSPS) is 18.6. The van der Waals surface area contributed by atoms with Gasteiger partial charge in [0.25, 0.3) is 0 Å². The summed E-state index contributed by atoms with van der Waals surface area (Å²) in [5.74, 6) is 0.605. The summed E-state index contributed by atoms with van der Waals surface area (Å²) in [5, 5.41) is 2.69. The highest BCUT2D eigenvalue weighted by Crippen LogP contribution is 2.38. The lowest BCUT2D eigenvalue weighted by Gasteiger charge is -2.24. The van der Waals surface area contributed by atoms with Crippen LogP contribution in [0.5, 0.6) is 0 Å². The van der Waals surface area contributed by atoms with Crippen LogP contribution in [0.25, 0.3) is 0 Å². The number of thioether (sulfide) groups is 1. The van der Waals surface area contributed by atoms with Crippen molar-refractivity contribution >= 4 is 17.8 Å². The number of rotatable bonds is 4. The van der Waals surface area contributed by atoms with Crippen LogP contribution in [0.1, 0.15) is 30.7 Å². The first-order valence-corrected chi connectivity index (χ1v) is 7.69. The molecule has 1 fully saturated rings. The molecule has 1 aromatic rings. The van der Waals surface area contributed by atoms with Crippen molar-refractivity contribution in [3.63, 3.8) is 0 Å². The Balaban J connectivity index is 2.05. The van der Waals surface area contributed by atoms with E-state index in [1.165, 1.54) is 6.07 Å². The topological polar surface area (TPSA) is 32.3 Å². The molecule has 0 aromatic heterocycles. The van der Waals surface area contributed by atoms with E-state index in [-0.39, 0.29) is 17.2 Å². The molecule has 1 atom stereocenters. The molecule has 1 saturated heterocycles. The van der Waals surface area contributed by atoms with Crippen LogP contribution in [0.4, 0.5) is 9.18 Å². The Morgan fingerprint density at radius 3 is 3.05 bits per heavy atom. The maximum Gasteiger partial charge on any atom is 0.318 e. The third-order valence-electron chi connectivity index (χ3n) is 3.13. The molecule has 1 aromatic carbocycles. The van der Waals surface area contributed by atoms with E-state index in [2.05, 4.69) is 12.2 Å². The van der Waals surface area contributed by atoms with E-state index >= 15 is 0 Å². The van der Waals surface area contributed by atoms with Crippen molar-refractivity contribution in [3.8, 4) is 0 Å². The highest BCUT2D eigenvalue weighted by molar-refractivity contribution is 7.99. The average molecular weight is 282 g/mol. The van der Waals surface area contributed by atoms with E-state index in [1.807, 2.05) is 6.07 Å². The highest BCUT2D eigenvalue weighted by atomic mass is 32.2. The van der Waals surface area contributed by atoms with E-state index in [0.29, 0.717) is 18.7 Å². The van der Waals surface area contributed by atoms with Crippen molar-refractivity contribution in [1.29, 1.82) is 0 Å². The zero-order valence-corrected chi connectivity index (χ0v) is 11.9. The van der Waals surface area contributed by atoms with Gasteiger partial charge in [0.15, 0.2) is 0 Å². The summed E-state index contributed by atoms with van der Waals surface area (Å²) in [6.07, 6.45) is 2.02. The van der Waals surface area contributed by atoms with Crippen molar-refractivity contribution in [2.45, 2.75) is 25.1 Å². The van der Waals surface area contributed by atoms with E-state index in [4.69, 9.17) is 0 Å². The van der Waals surface area contributed by atoms with Gasteiger partial charge in [-0.1, -0.05) is 31.5 Å². The molecule has 0 radical (unpaired) electrons. The number of carbonyl (C=O) groups excluding carboxylic acids is 1. The Bertz CT molecular complexity index is 441. The van der Waals surface area contributed by atoms with E-state index < -0.39 is 0 Å². The predicted molar refractivity (Wildman–Crippen MR) is 76.6 cm³/mol. The summed E-state index contributed by atoms with van der Waals surface area (Å²) < 4.78 is 13.8. The Morgan fingerprint density at radius 1 is 1.53 bits per heavy atom. The van der Waals surface area contributed by atoms with E-state index in [1.54, 1.807) is 28.8 Å². The molecule has 0 spiro atoms. The molecule has 1 heterocycles. The zero-order valence-electron chi connectivity index (χ0n) is 11.1. The number of nitrogens with zero attached hydrogens (tertiary/aromatic N) is 1. The molecule has 1 N–H and O–H groups in total. The highest BCUT2D eigenvalue weighted by Gasteiger charge is 2.31. The SMILES string of the molecule is CCCCNC(=O)N1CCS[C@H]1c1ccccc1F. The lowest BCUT2D eigenvalue weighted by molar-refractivity contribution is 0.199. The molecule has 0 bridgehead atoms. The van der Waals surface area contributed by atoms with Gasteiger partial charge in [-0.25, -0.2) is 9.18 Å². The van der Waals surface area contributed by atoms with Gasteiger partial charge in [-0.2, -0.15) is 0 Å². The van der Waals surface area contributed by atoms with Crippen LogP contribution in [0.15, 0.2) is 24.3 Å². The van der Waals surface area contributed by atoms with Crippen LogP contribution in [0.3, 0.4) is 0 Å². The summed E-state index contributed by atoms with van der Waals surface area (Å²) in [4.78, 5) is 13.8. The van der Waals surface area contributed by atoms with Crippen LogP contribution in [-0.2, 0) is 0 Å². The van der Waals surface area contributed by atoms with Crippen LogP contribution in [0, 0.1) is 5.82 Å². The van der Waals surface area contributed by atoms with Crippen molar-refractivity contribution in [2.24, 2.45) is 0 Å². The molecule has 104 valence electrons. The molecule has 1 aliphatic rings. The minimum atomic E-state index is -0.242. The van der Waals surface area contributed by atoms with E-state index in [0.717, 1.165) is 18.6 Å². The van der Waals surface area contributed by atoms with Crippen molar-refractivity contribution in [3.05, 3.63) is 35.6 Å². The number of urea groups is 1. The third kappa shape index (κ3) is 3.41. The summed E-state index contributed by atoms with van der Waals surface area (Å²) in [7, 11) is 0. The monoisotopic (exact) mass is 282 g/mol. The summed E-state index contributed by atoms with van der Waals surface area (Å²) >= 11 is 1.61. The van der Waals surface area contributed by atoms with E-state index in [9.17, 15) is 9.18 Å². The van der Waals surface area contributed by atoms with Gasteiger partial charge in [-0.3, -0.25) is 0 Å². The molecule has 0 saturated carbocycles. The second-order valence-corrected chi connectivity index (χ2v) is 5.71. The van der Waals surface area contributed by atoms with Gasteiger partial charge in [0, 0.05) is 24.4 Å². The molecule has 2 amide bonds. The van der Waals surface area contributed by atoms with Crippen LogP contribution in [0.2, 0.25) is 0 Å². The van der Waals surface area contributed by atoms with Crippen molar-refractivity contribution in [1.82, 2.24) is 10.2 Å². The number of nitrogens with one attached hydrogen (secondary N) is 1. The predicted octanol–water partition coefficient (Wildman–Crippen LogP) is 3.38. The number of carbonyl (C=O) groups is 1. The molecule has 5 heteroatoms. The maximum absolute atomic E-state index is 13.8. The standard InChI is InChI=1S/C14H19FN2OS/c1-2-3-8-16-14(18)17-9-10-19-13(17)11-6-4-5-7-12(11)15/h4-7,13H,2-3,8-10H2,1H3,(H,16,18)/t13-/m0/s1. The molecule has 19 heavy (non-hydrogen) atoms. The Kier molecular flexibility index (Phi) is 5.07. The molecule has 2 rings (SSSR count). The number of unbranched alkanes of at least 4 members (excludes halogenated alkanes) is 1. The first kappa shape index (κ1) is 14.2. The smallest absolute Gasteiger partial charge is 0.318 e. The molecule has 0 aliphatic carbocycles. The maximum atomic E-state index is 13.8. The average Bonchev–Trinajstić information content (AvgIpc) is 2.88. The van der Waals surface area contributed by atoms with Gasteiger partial charge < -0.3 is 10.2 Å². The number of halogens is 1. The molecule has 1 aliphatic heterocycles. The Labute approximate surface area is 117 Å². The van der Waals surface area contributed by atoms with Gasteiger partial charge in [0.2, 0.25) is 0 Å².